The highest BCUT2D eigenvalue weighted by atomic mass is 19.4. The van der Waals surface area contributed by atoms with Crippen LogP contribution in [0.3, 0.4) is 0 Å². The molecule has 1 heterocycles. The van der Waals surface area contributed by atoms with Crippen LogP contribution in [0.4, 0.5) is 13.2 Å². The second-order valence-corrected chi connectivity index (χ2v) is 6.29. The van der Waals surface area contributed by atoms with E-state index in [2.05, 4.69) is 10.6 Å². The lowest BCUT2D eigenvalue weighted by molar-refractivity contribution is -0.184. The molecule has 0 bridgehead atoms. The van der Waals surface area contributed by atoms with Gasteiger partial charge in [0.1, 0.15) is 0 Å². The normalized spacial score (nSPS) is 35.6. The number of hydrogen-bond donors (Lipinski definition) is 2. The van der Waals surface area contributed by atoms with Crippen molar-refractivity contribution in [3.63, 3.8) is 0 Å². The molecule has 2 rings (SSSR count). The van der Waals surface area contributed by atoms with Crippen molar-refractivity contribution in [1.29, 1.82) is 0 Å². The number of rotatable bonds is 2. The quantitative estimate of drug-likeness (QED) is 0.821. The van der Waals surface area contributed by atoms with Crippen LogP contribution in [-0.2, 0) is 4.79 Å². The number of carbonyl (C=O) groups excluding carboxylic acids is 1. The second-order valence-electron chi connectivity index (χ2n) is 6.29. The minimum atomic E-state index is -4.14. The fourth-order valence-electron chi connectivity index (χ4n) is 3.21. The maximum absolute atomic E-state index is 12.8. The van der Waals surface area contributed by atoms with E-state index in [-0.39, 0.29) is 24.8 Å². The average molecular weight is 292 g/mol. The molecule has 1 saturated carbocycles. The molecule has 1 saturated heterocycles. The second kappa shape index (κ2) is 5.92. The molecule has 1 aliphatic heterocycles. The van der Waals surface area contributed by atoms with E-state index >= 15 is 0 Å². The van der Waals surface area contributed by atoms with Gasteiger partial charge in [-0.1, -0.05) is 6.42 Å². The lowest BCUT2D eigenvalue weighted by atomic mass is 9.84. The van der Waals surface area contributed by atoms with E-state index in [1.165, 1.54) is 0 Å². The number of hydrogen-bond acceptors (Lipinski definition) is 2. The minimum Gasteiger partial charge on any atom is -0.352 e. The average Bonchev–Trinajstić information content (AvgIpc) is 2.39. The number of piperidine rings is 1. The van der Waals surface area contributed by atoms with Crippen molar-refractivity contribution < 1.29 is 18.0 Å². The van der Waals surface area contributed by atoms with Crippen LogP contribution in [0.1, 0.15) is 51.9 Å². The Balaban J connectivity index is 1.90. The van der Waals surface area contributed by atoms with E-state index in [9.17, 15) is 18.0 Å². The van der Waals surface area contributed by atoms with E-state index < -0.39 is 17.6 Å². The Morgan fingerprint density at radius 1 is 1.25 bits per heavy atom. The number of carbonyl (C=O) groups is 1. The van der Waals surface area contributed by atoms with E-state index in [0.29, 0.717) is 12.8 Å². The summed E-state index contributed by atoms with van der Waals surface area (Å²) in [6.45, 7) is 2.63. The maximum atomic E-state index is 12.8. The van der Waals surface area contributed by atoms with Gasteiger partial charge in [-0.2, -0.15) is 13.2 Å². The molecule has 0 aromatic heterocycles. The first-order valence-corrected chi connectivity index (χ1v) is 7.44. The molecule has 0 spiro atoms. The molecule has 0 aromatic rings. The molecular weight excluding hydrogens is 269 g/mol. The van der Waals surface area contributed by atoms with Gasteiger partial charge >= 0.3 is 6.18 Å². The van der Waals surface area contributed by atoms with Crippen molar-refractivity contribution in [3.8, 4) is 0 Å². The van der Waals surface area contributed by atoms with Gasteiger partial charge in [0.2, 0.25) is 5.91 Å². The number of alkyl halides is 3. The molecule has 6 heteroatoms. The van der Waals surface area contributed by atoms with Crippen LogP contribution < -0.4 is 10.6 Å². The van der Waals surface area contributed by atoms with Gasteiger partial charge in [-0.25, -0.2) is 0 Å². The SMILES string of the molecule is CC1(C(=O)NC2CCCC(C(F)(F)F)C2)CCCCN1. The molecule has 3 atom stereocenters. The van der Waals surface area contributed by atoms with Gasteiger partial charge in [-0.3, -0.25) is 4.79 Å². The summed E-state index contributed by atoms with van der Waals surface area (Å²) in [6, 6.07) is -0.344. The van der Waals surface area contributed by atoms with Crippen molar-refractivity contribution in [2.45, 2.75) is 69.6 Å². The van der Waals surface area contributed by atoms with Gasteiger partial charge < -0.3 is 10.6 Å². The van der Waals surface area contributed by atoms with E-state index in [1.807, 2.05) is 6.92 Å². The zero-order valence-electron chi connectivity index (χ0n) is 11.9. The van der Waals surface area contributed by atoms with Gasteiger partial charge in [-0.05, 0) is 52.0 Å². The largest absolute Gasteiger partial charge is 0.391 e. The van der Waals surface area contributed by atoms with Crippen molar-refractivity contribution in [2.24, 2.45) is 5.92 Å². The molecule has 1 aliphatic carbocycles. The van der Waals surface area contributed by atoms with Crippen LogP contribution in [0.15, 0.2) is 0 Å². The third-order valence-electron chi connectivity index (χ3n) is 4.59. The first-order valence-electron chi connectivity index (χ1n) is 7.44. The molecule has 2 fully saturated rings. The highest BCUT2D eigenvalue weighted by molar-refractivity contribution is 5.86. The maximum Gasteiger partial charge on any atom is 0.391 e. The fourth-order valence-corrected chi connectivity index (χ4v) is 3.21. The zero-order valence-corrected chi connectivity index (χ0v) is 11.9. The lowest BCUT2D eigenvalue weighted by Crippen LogP contribution is -2.59. The molecule has 2 aliphatic rings. The topological polar surface area (TPSA) is 41.1 Å². The highest BCUT2D eigenvalue weighted by Gasteiger charge is 2.43. The van der Waals surface area contributed by atoms with Crippen molar-refractivity contribution in [2.75, 3.05) is 6.54 Å². The summed E-state index contributed by atoms with van der Waals surface area (Å²) < 4.78 is 38.3. The summed E-state index contributed by atoms with van der Waals surface area (Å²) in [5.41, 5.74) is -0.622. The first-order chi connectivity index (χ1) is 9.31. The Morgan fingerprint density at radius 2 is 2.00 bits per heavy atom. The minimum absolute atomic E-state index is 0.0192. The number of nitrogens with one attached hydrogen (secondary N) is 2. The Morgan fingerprint density at radius 3 is 2.60 bits per heavy atom. The van der Waals surface area contributed by atoms with Crippen LogP contribution >= 0.6 is 0 Å². The summed E-state index contributed by atoms with van der Waals surface area (Å²) in [7, 11) is 0. The smallest absolute Gasteiger partial charge is 0.352 e. The summed E-state index contributed by atoms with van der Waals surface area (Å²) >= 11 is 0. The van der Waals surface area contributed by atoms with Crippen molar-refractivity contribution >= 4 is 5.91 Å². The summed E-state index contributed by atoms with van der Waals surface area (Å²) in [5.74, 6) is -1.42. The Bertz CT molecular complexity index is 351. The van der Waals surface area contributed by atoms with Crippen LogP contribution in [0.2, 0.25) is 0 Å². The van der Waals surface area contributed by atoms with Crippen LogP contribution in [0.25, 0.3) is 0 Å². The predicted octanol–water partition coefficient (Wildman–Crippen LogP) is 2.76. The molecule has 116 valence electrons. The first kappa shape index (κ1) is 15.6. The Labute approximate surface area is 117 Å². The van der Waals surface area contributed by atoms with Crippen LogP contribution in [0, 0.1) is 5.92 Å². The molecule has 20 heavy (non-hydrogen) atoms. The highest BCUT2D eigenvalue weighted by Crippen LogP contribution is 2.37. The summed E-state index contributed by atoms with van der Waals surface area (Å²) in [5, 5.41) is 6.02. The number of halogens is 3. The molecule has 3 unspecified atom stereocenters. The van der Waals surface area contributed by atoms with Gasteiger partial charge in [0.15, 0.2) is 0 Å². The molecule has 0 radical (unpaired) electrons. The Kier molecular flexibility index (Phi) is 4.62. The molecule has 1 amide bonds. The van der Waals surface area contributed by atoms with Crippen molar-refractivity contribution in [3.05, 3.63) is 0 Å². The van der Waals surface area contributed by atoms with E-state index in [0.717, 1.165) is 25.8 Å². The molecule has 2 N–H and O–H groups in total. The van der Waals surface area contributed by atoms with Crippen LogP contribution in [0.5, 0.6) is 0 Å². The zero-order chi connectivity index (χ0) is 14.8. The van der Waals surface area contributed by atoms with Gasteiger partial charge in [0.25, 0.3) is 0 Å². The monoisotopic (exact) mass is 292 g/mol. The van der Waals surface area contributed by atoms with Crippen molar-refractivity contribution in [1.82, 2.24) is 10.6 Å². The Hall–Kier alpha value is -0.780. The number of amides is 1. The summed E-state index contributed by atoms with van der Waals surface area (Å²) in [4.78, 5) is 12.3. The molecule has 0 aromatic carbocycles. The third-order valence-corrected chi connectivity index (χ3v) is 4.59. The standard InChI is InChI=1S/C14H23F3N2O/c1-13(7-2-3-8-18-13)12(20)19-11-6-4-5-10(9-11)14(15,16)17/h10-11,18H,2-9H2,1H3,(H,19,20). The predicted molar refractivity (Wildman–Crippen MR) is 70.2 cm³/mol. The third kappa shape index (κ3) is 3.65. The fraction of sp³-hybridized carbons (Fsp3) is 0.929. The van der Waals surface area contributed by atoms with E-state index in [4.69, 9.17) is 0 Å². The van der Waals surface area contributed by atoms with E-state index in [1.54, 1.807) is 0 Å². The van der Waals surface area contributed by atoms with Gasteiger partial charge in [0.05, 0.1) is 11.5 Å². The van der Waals surface area contributed by atoms with Crippen LogP contribution in [-0.4, -0.2) is 30.2 Å². The molecule has 3 nitrogen and oxygen atoms in total. The lowest BCUT2D eigenvalue weighted by Gasteiger charge is -2.37. The molecular formula is C14H23F3N2O. The van der Waals surface area contributed by atoms with Gasteiger partial charge in [0, 0.05) is 6.04 Å². The summed E-state index contributed by atoms with van der Waals surface area (Å²) in [6.07, 6.45) is 0.00419. The van der Waals surface area contributed by atoms with Gasteiger partial charge in [-0.15, -0.1) is 0 Å².